The molecular weight excluding hydrogens is 286 g/mol. The van der Waals surface area contributed by atoms with Gasteiger partial charge in [-0.1, -0.05) is 71.9 Å². The third-order valence-electron chi connectivity index (χ3n) is 3.92. The number of nitrogens with zero attached hydrogens (tertiary/aromatic N) is 1. The van der Waals surface area contributed by atoms with E-state index in [4.69, 9.17) is 4.84 Å². The summed E-state index contributed by atoms with van der Waals surface area (Å²) in [6.45, 7) is 1.81. The smallest absolute Gasteiger partial charge is 0.318 e. The highest BCUT2D eigenvalue weighted by molar-refractivity contribution is 5.96. The van der Waals surface area contributed by atoms with E-state index >= 15 is 0 Å². The van der Waals surface area contributed by atoms with Crippen LogP contribution in [-0.4, -0.2) is 11.7 Å². The minimum absolute atomic E-state index is 0.0629. The summed E-state index contributed by atoms with van der Waals surface area (Å²) < 4.78 is 0. The van der Waals surface area contributed by atoms with Crippen LogP contribution in [0, 0.1) is 5.92 Å². The lowest BCUT2D eigenvalue weighted by molar-refractivity contribution is -0.145. The quantitative estimate of drug-likeness (QED) is 0.466. The molecule has 0 radical (unpaired) electrons. The molecule has 1 aliphatic carbocycles. The van der Waals surface area contributed by atoms with E-state index in [2.05, 4.69) is 17.3 Å². The van der Waals surface area contributed by atoms with E-state index in [0.717, 1.165) is 12.0 Å². The molecule has 0 heterocycles. The summed E-state index contributed by atoms with van der Waals surface area (Å²) in [4.78, 5) is 17.1. The first kappa shape index (κ1) is 15.2. The molecule has 2 aromatic carbocycles. The molecule has 1 saturated carbocycles. The van der Waals surface area contributed by atoms with Crippen molar-refractivity contribution < 1.29 is 9.63 Å². The van der Waals surface area contributed by atoms with Crippen molar-refractivity contribution in [2.45, 2.75) is 19.3 Å². The van der Waals surface area contributed by atoms with Crippen LogP contribution >= 0.6 is 0 Å². The average Bonchev–Trinajstić information content (AvgIpc) is 3.40. The van der Waals surface area contributed by atoms with Crippen LogP contribution < -0.4 is 0 Å². The Morgan fingerprint density at radius 3 is 2.43 bits per heavy atom. The Kier molecular flexibility index (Phi) is 4.67. The zero-order chi connectivity index (χ0) is 16.1. The van der Waals surface area contributed by atoms with Crippen molar-refractivity contribution in [1.29, 1.82) is 0 Å². The molecule has 1 aliphatic rings. The molecule has 0 aromatic heterocycles. The van der Waals surface area contributed by atoms with Gasteiger partial charge in [0, 0.05) is 0 Å². The standard InChI is InChI=1S/C20H19NO2/c1-15(12-13-16-8-4-2-5-9-16)21-23-20(22)19-14-18(19)17-10-6-3-7-11-17/h2-13,18-19H,14H2,1H3. The maximum absolute atomic E-state index is 12.0. The summed E-state index contributed by atoms with van der Waals surface area (Å²) in [5.74, 6) is -0.0302. The Hall–Kier alpha value is -2.68. The van der Waals surface area contributed by atoms with Crippen molar-refractivity contribution >= 4 is 17.8 Å². The number of allylic oxidation sites excluding steroid dienone is 1. The van der Waals surface area contributed by atoms with Crippen LogP contribution in [-0.2, 0) is 9.63 Å². The molecule has 0 amide bonds. The number of oxime groups is 1. The number of carbonyl (C=O) groups is 1. The van der Waals surface area contributed by atoms with Gasteiger partial charge in [-0.25, -0.2) is 4.79 Å². The van der Waals surface area contributed by atoms with Gasteiger partial charge in [0.25, 0.3) is 0 Å². The Morgan fingerprint density at radius 2 is 1.74 bits per heavy atom. The van der Waals surface area contributed by atoms with Crippen molar-refractivity contribution in [3.8, 4) is 0 Å². The first-order valence-electron chi connectivity index (χ1n) is 7.77. The first-order valence-corrected chi connectivity index (χ1v) is 7.77. The number of carbonyl (C=O) groups excluding carboxylic acids is 1. The summed E-state index contributed by atoms with van der Waals surface area (Å²) in [6, 6.07) is 20.0. The average molecular weight is 305 g/mol. The van der Waals surface area contributed by atoms with E-state index in [1.54, 1.807) is 0 Å². The van der Waals surface area contributed by atoms with Crippen LogP contribution in [0.4, 0.5) is 0 Å². The van der Waals surface area contributed by atoms with Crippen LogP contribution in [0.15, 0.2) is 71.9 Å². The first-order chi connectivity index (χ1) is 11.2. The fraction of sp³-hybridized carbons (Fsp3) is 0.200. The van der Waals surface area contributed by atoms with Gasteiger partial charge in [0.2, 0.25) is 0 Å². The highest BCUT2D eigenvalue weighted by Crippen LogP contribution is 2.48. The second-order valence-electron chi connectivity index (χ2n) is 5.75. The molecule has 2 unspecified atom stereocenters. The zero-order valence-corrected chi connectivity index (χ0v) is 13.1. The molecule has 2 aromatic rings. The van der Waals surface area contributed by atoms with Gasteiger partial charge >= 0.3 is 5.97 Å². The maximum atomic E-state index is 12.0. The van der Waals surface area contributed by atoms with E-state index < -0.39 is 0 Å². The zero-order valence-electron chi connectivity index (χ0n) is 13.1. The van der Waals surface area contributed by atoms with Crippen molar-refractivity contribution in [1.82, 2.24) is 0 Å². The molecule has 0 saturated heterocycles. The molecule has 0 aliphatic heterocycles. The molecule has 23 heavy (non-hydrogen) atoms. The Morgan fingerprint density at radius 1 is 1.09 bits per heavy atom. The normalized spacial score (nSPS) is 20.5. The van der Waals surface area contributed by atoms with Crippen molar-refractivity contribution in [3.05, 3.63) is 77.9 Å². The largest absolute Gasteiger partial charge is 0.338 e. The summed E-state index contributed by atoms with van der Waals surface area (Å²) in [6.07, 6.45) is 4.62. The number of hydrogen-bond donors (Lipinski definition) is 0. The lowest BCUT2D eigenvalue weighted by Crippen LogP contribution is -2.05. The van der Waals surface area contributed by atoms with Crippen LogP contribution in [0.25, 0.3) is 6.08 Å². The van der Waals surface area contributed by atoms with Crippen LogP contribution in [0.1, 0.15) is 30.4 Å². The fourth-order valence-electron chi connectivity index (χ4n) is 2.52. The number of rotatable bonds is 5. The van der Waals surface area contributed by atoms with Gasteiger partial charge in [0.05, 0.1) is 11.6 Å². The van der Waals surface area contributed by atoms with Crippen LogP contribution in [0.5, 0.6) is 0 Å². The van der Waals surface area contributed by atoms with E-state index in [0.29, 0.717) is 5.71 Å². The predicted octanol–water partition coefficient (Wildman–Crippen LogP) is 4.42. The van der Waals surface area contributed by atoms with Crippen molar-refractivity contribution in [3.63, 3.8) is 0 Å². The molecule has 3 rings (SSSR count). The molecule has 3 nitrogen and oxygen atoms in total. The third kappa shape index (κ3) is 4.16. The highest BCUT2D eigenvalue weighted by atomic mass is 16.7. The van der Waals surface area contributed by atoms with Gasteiger partial charge < -0.3 is 4.84 Å². The number of benzene rings is 2. The summed E-state index contributed by atoms with van der Waals surface area (Å²) in [7, 11) is 0. The van der Waals surface area contributed by atoms with E-state index in [1.165, 1.54) is 5.56 Å². The van der Waals surface area contributed by atoms with Crippen molar-refractivity contribution in [2.75, 3.05) is 0 Å². The van der Waals surface area contributed by atoms with Gasteiger partial charge in [-0.15, -0.1) is 0 Å². The van der Waals surface area contributed by atoms with Gasteiger partial charge in [-0.3, -0.25) is 0 Å². The van der Waals surface area contributed by atoms with Crippen LogP contribution in [0.2, 0.25) is 0 Å². The second kappa shape index (κ2) is 7.05. The monoisotopic (exact) mass is 305 g/mol. The van der Waals surface area contributed by atoms with Crippen LogP contribution in [0.3, 0.4) is 0 Å². The maximum Gasteiger partial charge on any atom is 0.338 e. The molecule has 116 valence electrons. The molecule has 3 heteroatoms. The summed E-state index contributed by atoms with van der Waals surface area (Å²) >= 11 is 0. The fourth-order valence-corrected chi connectivity index (χ4v) is 2.52. The Bertz CT molecular complexity index is 720. The third-order valence-corrected chi connectivity index (χ3v) is 3.92. The van der Waals surface area contributed by atoms with Gasteiger partial charge in [-0.05, 0) is 36.5 Å². The van der Waals surface area contributed by atoms with E-state index in [1.807, 2.05) is 67.6 Å². The minimum atomic E-state index is -0.244. The number of hydrogen-bond acceptors (Lipinski definition) is 3. The van der Waals surface area contributed by atoms with E-state index in [-0.39, 0.29) is 17.8 Å². The summed E-state index contributed by atoms with van der Waals surface area (Å²) in [5, 5.41) is 3.91. The highest BCUT2D eigenvalue weighted by Gasteiger charge is 2.45. The predicted molar refractivity (Wildman–Crippen MR) is 92.0 cm³/mol. The van der Waals surface area contributed by atoms with Gasteiger partial charge in [-0.2, -0.15) is 0 Å². The molecule has 0 bridgehead atoms. The molecule has 1 fully saturated rings. The minimum Gasteiger partial charge on any atom is -0.318 e. The lowest BCUT2D eigenvalue weighted by atomic mass is 10.1. The second-order valence-corrected chi connectivity index (χ2v) is 5.75. The molecule has 0 N–H and O–H groups in total. The summed E-state index contributed by atoms with van der Waals surface area (Å²) in [5.41, 5.74) is 2.94. The Balaban J connectivity index is 1.52. The molecule has 2 atom stereocenters. The lowest BCUT2D eigenvalue weighted by Gasteiger charge is -1.99. The Labute approximate surface area is 136 Å². The topological polar surface area (TPSA) is 38.7 Å². The van der Waals surface area contributed by atoms with Gasteiger partial charge in [0.15, 0.2) is 0 Å². The van der Waals surface area contributed by atoms with Crippen molar-refractivity contribution in [2.24, 2.45) is 11.1 Å². The van der Waals surface area contributed by atoms with Gasteiger partial charge in [0.1, 0.15) is 0 Å². The molecule has 0 spiro atoms. The van der Waals surface area contributed by atoms with E-state index in [9.17, 15) is 4.79 Å². The SMILES string of the molecule is CC(C=Cc1ccccc1)=NOC(=O)C1CC1c1ccccc1. The molecular formula is C20H19NO2.